The maximum absolute atomic E-state index is 11.7. The quantitative estimate of drug-likeness (QED) is 0.716. The van der Waals surface area contributed by atoms with Gasteiger partial charge in [0.15, 0.2) is 0 Å². The van der Waals surface area contributed by atoms with E-state index in [0.29, 0.717) is 13.0 Å². The summed E-state index contributed by atoms with van der Waals surface area (Å²) in [6.45, 7) is 4.83. The van der Waals surface area contributed by atoms with Crippen molar-refractivity contribution in [1.82, 2.24) is 5.32 Å². The highest BCUT2D eigenvalue weighted by Crippen LogP contribution is 2.15. The normalized spacial score (nSPS) is 12.0. The largest absolute Gasteiger partial charge is 0.391 e. The number of hydrogen-bond acceptors (Lipinski definition) is 3. The fourth-order valence-electron chi connectivity index (χ4n) is 1.93. The number of carbonyl (C=O) groups is 1. The Balaban J connectivity index is 2.39. The average molecular weight is 280 g/mol. The molecule has 5 nitrogen and oxygen atoms in total. The number of ether oxygens (including phenoxy) is 1. The predicted octanol–water partition coefficient (Wildman–Crippen LogP) is 2.08. The molecule has 1 unspecified atom stereocenters. The van der Waals surface area contributed by atoms with Crippen molar-refractivity contribution < 1.29 is 14.6 Å². The molecular weight excluding hydrogens is 256 g/mol. The topological polar surface area (TPSA) is 70.6 Å². The minimum atomic E-state index is -0.550. The molecule has 0 aliphatic heterocycles. The van der Waals surface area contributed by atoms with Gasteiger partial charge in [0.1, 0.15) is 0 Å². The molecule has 1 aromatic rings. The molecule has 0 saturated heterocycles. The molecule has 0 aliphatic carbocycles. The number of aliphatic hydroxyl groups is 1. The smallest absolute Gasteiger partial charge is 0.319 e. The summed E-state index contributed by atoms with van der Waals surface area (Å²) in [7, 11) is 1.53. The second-order valence-corrected chi connectivity index (χ2v) is 4.77. The molecule has 1 rings (SSSR count). The molecule has 0 spiro atoms. The van der Waals surface area contributed by atoms with Gasteiger partial charge in [-0.05, 0) is 43.0 Å². The van der Waals surface area contributed by atoms with E-state index in [4.69, 9.17) is 4.74 Å². The van der Waals surface area contributed by atoms with Crippen LogP contribution in [-0.4, -0.2) is 37.5 Å². The third-order valence-corrected chi connectivity index (χ3v) is 3.11. The molecule has 0 fully saturated rings. The monoisotopic (exact) mass is 280 g/mol. The Morgan fingerprint density at radius 2 is 2.20 bits per heavy atom. The van der Waals surface area contributed by atoms with E-state index < -0.39 is 6.10 Å². The summed E-state index contributed by atoms with van der Waals surface area (Å²) in [6.07, 6.45) is 0.855. The van der Waals surface area contributed by atoms with Crippen molar-refractivity contribution in [2.45, 2.75) is 32.8 Å². The minimum Gasteiger partial charge on any atom is -0.391 e. The molecule has 0 aromatic heterocycles. The number of aryl methyl sites for hydroxylation is 2. The van der Waals surface area contributed by atoms with Gasteiger partial charge in [-0.3, -0.25) is 0 Å². The molecule has 1 atom stereocenters. The van der Waals surface area contributed by atoms with Gasteiger partial charge in [-0.2, -0.15) is 0 Å². The standard InChI is InChI=1S/C15H24N2O3/c1-4-12-9-13(6-5-11(12)2)17-15(19)16-8-7-14(18)10-20-3/h5-6,9,14,18H,4,7-8,10H2,1-3H3,(H2,16,17,19). The molecule has 0 bridgehead atoms. The number of rotatable bonds is 7. The highest BCUT2D eigenvalue weighted by atomic mass is 16.5. The van der Waals surface area contributed by atoms with Crippen LogP contribution in [0.2, 0.25) is 0 Å². The number of carbonyl (C=O) groups excluding carboxylic acids is 1. The highest BCUT2D eigenvalue weighted by molar-refractivity contribution is 5.89. The Labute approximate surface area is 120 Å². The third kappa shape index (κ3) is 5.59. The Morgan fingerprint density at radius 1 is 1.45 bits per heavy atom. The number of nitrogens with one attached hydrogen (secondary N) is 2. The Morgan fingerprint density at radius 3 is 2.85 bits per heavy atom. The molecule has 0 aliphatic rings. The van der Waals surface area contributed by atoms with Crippen LogP contribution in [0.5, 0.6) is 0 Å². The molecule has 0 saturated carbocycles. The molecule has 3 N–H and O–H groups in total. The lowest BCUT2D eigenvalue weighted by atomic mass is 10.1. The third-order valence-electron chi connectivity index (χ3n) is 3.11. The zero-order chi connectivity index (χ0) is 15.0. The van der Waals surface area contributed by atoms with Crippen molar-refractivity contribution in [3.05, 3.63) is 29.3 Å². The van der Waals surface area contributed by atoms with E-state index in [-0.39, 0.29) is 12.6 Å². The summed E-state index contributed by atoms with van der Waals surface area (Å²) >= 11 is 0. The van der Waals surface area contributed by atoms with Gasteiger partial charge in [0.05, 0.1) is 12.7 Å². The van der Waals surface area contributed by atoms with Crippen LogP contribution < -0.4 is 10.6 Å². The predicted molar refractivity (Wildman–Crippen MR) is 80.1 cm³/mol. The Kier molecular flexibility index (Phi) is 7.04. The van der Waals surface area contributed by atoms with Gasteiger partial charge in [-0.25, -0.2) is 4.79 Å². The lowest BCUT2D eigenvalue weighted by Gasteiger charge is -2.12. The molecule has 1 aromatic carbocycles. The van der Waals surface area contributed by atoms with Crippen molar-refractivity contribution in [2.75, 3.05) is 25.6 Å². The van der Waals surface area contributed by atoms with Crippen LogP contribution in [0, 0.1) is 6.92 Å². The van der Waals surface area contributed by atoms with Crippen LogP contribution in [0.15, 0.2) is 18.2 Å². The first-order valence-electron chi connectivity index (χ1n) is 6.88. The van der Waals surface area contributed by atoms with E-state index in [1.165, 1.54) is 18.2 Å². The van der Waals surface area contributed by atoms with Crippen LogP contribution in [0.25, 0.3) is 0 Å². The zero-order valence-electron chi connectivity index (χ0n) is 12.4. The van der Waals surface area contributed by atoms with E-state index in [1.807, 2.05) is 18.2 Å². The lowest BCUT2D eigenvalue weighted by Crippen LogP contribution is -2.32. The Bertz CT molecular complexity index is 435. The Hall–Kier alpha value is -1.59. The van der Waals surface area contributed by atoms with Crippen LogP contribution >= 0.6 is 0 Å². The van der Waals surface area contributed by atoms with E-state index in [9.17, 15) is 9.90 Å². The number of aliphatic hydroxyl groups excluding tert-OH is 1. The lowest BCUT2D eigenvalue weighted by molar-refractivity contribution is 0.0599. The molecule has 2 amide bonds. The van der Waals surface area contributed by atoms with Crippen molar-refractivity contribution in [3.8, 4) is 0 Å². The molecular formula is C15H24N2O3. The van der Waals surface area contributed by atoms with Gasteiger partial charge in [-0.1, -0.05) is 13.0 Å². The number of benzene rings is 1. The first-order chi connectivity index (χ1) is 9.56. The van der Waals surface area contributed by atoms with Gasteiger partial charge in [0, 0.05) is 19.3 Å². The van der Waals surface area contributed by atoms with Crippen molar-refractivity contribution in [2.24, 2.45) is 0 Å². The van der Waals surface area contributed by atoms with Gasteiger partial charge < -0.3 is 20.5 Å². The number of hydrogen-bond donors (Lipinski definition) is 3. The van der Waals surface area contributed by atoms with Gasteiger partial charge in [-0.15, -0.1) is 0 Å². The summed E-state index contributed by atoms with van der Waals surface area (Å²) in [5.74, 6) is 0. The summed E-state index contributed by atoms with van der Waals surface area (Å²) in [6, 6.07) is 5.60. The molecule has 5 heteroatoms. The van der Waals surface area contributed by atoms with E-state index >= 15 is 0 Å². The number of anilines is 1. The average Bonchev–Trinajstić information content (AvgIpc) is 2.41. The molecule has 20 heavy (non-hydrogen) atoms. The summed E-state index contributed by atoms with van der Waals surface area (Å²) < 4.78 is 4.82. The minimum absolute atomic E-state index is 0.263. The second-order valence-electron chi connectivity index (χ2n) is 4.77. The van der Waals surface area contributed by atoms with Crippen LogP contribution in [0.4, 0.5) is 10.5 Å². The molecule has 0 heterocycles. The maximum Gasteiger partial charge on any atom is 0.319 e. The fourth-order valence-corrected chi connectivity index (χ4v) is 1.93. The second kappa shape index (κ2) is 8.55. The maximum atomic E-state index is 11.7. The van der Waals surface area contributed by atoms with Crippen molar-refractivity contribution >= 4 is 11.7 Å². The van der Waals surface area contributed by atoms with Crippen molar-refractivity contribution in [3.63, 3.8) is 0 Å². The van der Waals surface area contributed by atoms with Crippen molar-refractivity contribution in [1.29, 1.82) is 0 Å². The number of methoxy groups -OCH3 is 1. The highest BCUT2D eigenvalue weighted by Gasteiger charge is 2.06. The zero-order valence-corrected chi connectivity index (χ0v) is 12.4. The molecule has 0 radical (unpaired) electrons. The molecule has 112 valence electrons. The van der Waals surface area contributed by atoms with Crippen LogP contribution in [-0.2, 0) is 11.2 Å². The van der Waals surface area contributed by atoms with E-state index in [2.05, 4.69) is 24.5 Å². The SMILES string of the molecule is CCc1cc(NC(=O)NCCC(O)COC)ccc1C. The first kappa shape index (κ1) is 16.5. The first-order valence-corrected chi connectivity index (χ1v) is 6.88. The summed E-state index contributed by atoms with van der Waals surface area (Å²) in [4.78, 5) is 11.7. The summed E-state index contributed by atoms with van der Waals surface area (Å²) in [5, 5.41) is 14.9. The van der Waals surface area contributed by atoms with Gasteiger partial charge in [0.2, 0.25) is 0 Å². The van der Waals surface area contributed by atoms with E-state index in [0.717, 1.165) is 12.1 Å². The van der Waals surface area contributed by atoms with Gasteiger partial charge >= 0.3 is 6.03 Å². The van der Waals surface area contributed by atoms with Crippen LogP contribution in [0.3, 0.4) is 0 Å². The summed E-state index contributed by atoms with van der Waals surface area (Å²) in [5.41, 5.74) is 3.22. The van der Waals surface area contributed by atoms with Gasteiger partial charge in [0.25, 0.3) is 0 Å². The number of amides is 2. The van der Waals surface area contributed by atoms with E-state index in [1.54, 1.807) is 0 Å². The fraction of sp³-hybridized carbons (Fsp3) is 0.533. The van der Waals surface area contributed by atoms with Crippen LogP contribution in [0.1, 0.15) is 24.5 Å². The number of urea groups is 1.